The normalized spacial score (nSPS) is 22.1. The minimum atomic E-state index is -8.52. The van der Waals surface area contributed by atoms with E-state index in [1.165, 1.54) is 0 Å². The lowest BCUT2D eigenvalue weighted by molar-refractivity contribution is -0.450. The molecule has 202 valence electrons. The minimum Gasteiger partial charge on any atom is -0.330 e. The molecule has 1 aliphatic heterocycles. The van der Waals surface area contributed by atoms with Gasteiger partial charge < -0.3 is 5.32 Å². The van der Waals surface area contributed by atoms with Crippen LogP contribution in [-0.2, 0) is 0 Å². The van der Waals surface area contributed by atoms with Gasteiger partial charge in [0, 0.05) is 0 Å². The molecule has 0 aromatic rings. The summed E-state index contributed by atoms with van der Waals surface area (Å²) < 4.78 is 253. The Kier molecular flexibility index (Phi) is 6.85. The Labute approximate surface area is 174 Å². The quantitative estimate of drug-likeness (QED) is 0.268. The van der Waals surface area contributed by atoms with Crippen molar-refractivity contribution in [3.8, 4) is 0 Å². The van der Waals surface area contributed by atoms with Gasteiger partial charge in [-0.05, 0) is 6.42 Å². The summed E-state index contributed by atoms with van der Waals surface area (Å²) >= 11 is 0. The summed E-state index contributed by atoms with van der Waals surface area (Å²) in [6.45, 7) is -0.0992. The molecule has 0 spiro atoms. The third-order valence-corrected chi connectivity index (χ3v) is 4.60. The molecule has 0 aromatic carbocycles. The second-order valence-corrected chi connectivity index (χ2v) is 6.54. The van der Waals surface area contributed by atoms with Crippen LogP contribution >= 0.6 is 0 Å². The van der Waals surface area contributed by atoms with Crippen LogP contribution in [0.3, 0.4) is 0 Å². The molecular formula is C13H7F19N2. The maximum atomic E-state index is 14.5. The third-order valence-electron chi connectivity index (χ3n) is 4.60. The van der Waals surface area contributed by atoms with E-state index in [4.69, 9.17) is 0 Å². The van der Waals surface area contributed by atoms with Crippen LogP contribution < -0.4 is 5.32 Å². The summed E-state index contributed by atoms with van der Waals surface area (Å²) in [5.41, 5.74) is -5.57. The van der Waals surface area contributed by atoms with Crippen LogP contribution in [0.25, 0.3) is 0 Å². The molecule has 1 N–H and O–H groups in total. The highest BCUT2D eigenvalue weighted by atomic mass is 19.4. The van der Waals surface area contributed by atoms with Gasteiger partial charge in [-0.1, -0.05) is 6.92 Å². The van der Waals surface area contributed by atoms with Crippen molar-refractivity contribution in [3.05, 3.63) is 11.9 Å². The smallest absolute Gasteiger partial charge is 0.330 e. The van der Waals surface area contributed by atoms with Gasteiger partial charge in [-0.15, -0.1) is 0 Å². The van der Waals surface area contributed by atoms with Crippen LogP contribution in [0.1, 0.15) is 13.3 Å². The fourth-order valence-corrected chi connectivity index (χ4v) is 2.75. The van der Waals surface area contributed by atoms with Gasteiger partial charge in [0.25, 0.3) is 0 Å². The van der Waals surface area contributed by atoms with Gasteiger partial charge >= 0.3 is 48.3 Å². The number of halogens is 19. The molecule has 1 atom stereocenters. The van der Waals surface area contributed by atoms with Crippen LogP contribution in [0, 0.1) is 0 Å². The number of rotatable bonds is 8. The number of nitrogens with one attached hydrogen (secondary N) is 1. The van der Waals surface area contributed by atoms with Gasteiger partial charge in [0.15, 0.2) is 5.66 Å². The fraction of sp³-hybridized carbons (Fsp3) is 0.846. The Morgan fingerprint density at radius 2 is 1.09 bits per heavy atom. The Bertz CT molecular complexity index is 812. The van der Waals surface area contributed by atoms with E-state index >= 15 is 0 Å². The van der Waals surface area contributed by atoms with Crippen LogP contribution in [0.2, 0.25) is 0 Å². The zero-order chi connectivity index (χ0) is 27.7. The maximum Gasteiger partial charge on any atom is 0.460 e. The number of hydrogen-bond acceptors (Lipinski definition) is 2. The van der Waals surface area contributed by atoms with E-state index in [-0.39, 0.29) is 12.2 Å². The van der Waals surface area contributed by atoms with E-state index in [0.29, 0.717) is 0 Å². The topological polar surface area (TPSA) is 15.3 Å². The molecule has 1 unspecified atom stereocenters. The lowest BCUT2D eigenvalue weighted by Crippen LogP contribution is -2.79. The van der Waals surface area contributed by atoms with Gasteiger partial charge in [-0.2, -0.15) is 74.6 Å². The molecule has 34 heavy (non-hydrogen) atoms. The third kappa shape index (κ3) is 3.41. The Hall–Kier alpha value is -1.99. The van der Waals surface area contributed by atoms with Crippen molar-refractivity contribution in [2.45, 2.75) is 67.3 Å². The fourth-order valence-electron chi connectivity index (χ4n) is 2.75. The van der Waals surface area contributed by atoms with E-state index in [1.807, 2.05) is 0 Å². The van der Waals surface area contributed by atoms with Crippen molar-refractivity contribution in [2.75, 3.05) is 0 Å². The number of nitrogens with zero attached hydrogens (tertiary/aromatic N) is 1. The molecule has 1 heterocycles. The summed E-state index contributed by atoms with van der Waals surface area (Å²) in [5.74, 6) is -47.9. The summed E-state index contributed by atoms with van der Waals surface area (Å²) in [7, 11) is 0. The zero-order valence-corrected chi connectivity index (χ0v) is 15.4. The SMILES string of the molecule is CCC1(C(F)(F)C(F)(F)C(F)(F)C(F)(F)C(F)(F)C(F)(F)F)NC(F)=C(F)N1C(F)(F)C(F)F. The first-order valence-corrected chi connectivity index (χ1v) is 7.92. The van der Waals surface area contributed by atoms with E-state index in [2.05, 4.69) is 0 Å². The molecule has 0 amide bonds. The van der Waals surface area contributed by atoms with E-state index in [1.54, 1.807) is 0 Å². The highest BCUT2D eigenvalue weighted by Crippen LogP contribution is 2.64. The largest absolute Gasteiger partial charge is 0.460 e. The van der Waals surface area contributed by atoms with Crippen molar-refractivity contribution >= 4 is 0 Å². The number of hydrogen-bond donors (Lipinski definition) is 1. The average molecular weight is 552 g/mol. The molecular weight excluding hydrogens is 545 g/mol. The van der Waals surface area contributed by atoms with E-state index in [0.717, 1.165) is 0 Å². The van der Waals surface area contributed by atoms with Crippen molar-refractivity contribution in [1.29, 1.82) is 0 Å². The molecule has 0 saturated carbocycles. The first kappa shape index (κ1) is 30.0. The lowest BCUT2D eigenvalue weighted by Gasteiger charge is -2.50. The first-order valence-electron chi connectivity index (χ1n) is 7.92. The Morgan fingerprint density at radius 3 is 1.41 bits per heavy atom. The van der Waals surface area contributed by atoms with Crippen LogP contribution in [0.5, 0.6) is 0 Å². The Balaban J connectivity index is 3.91. The lowest BCUT2D eigenvalue weighted by atomic mass is 9.85. The molecule has 0 saturated heterocycles. The highest BCUT2D eigenvalue weighted by Gasteiger charge is 2.93. The highest BCUT2D eigenvalue weighted by molar-refractivity contribution is 5.25. The molecule has 0 fully saturated rings. The van der Waals surface area contributed by atoms with Gasteiger partial charge in [-0.25, -0.2) is 8.78 Å². The Morgan fingerprint density at radius 1 is 0.706 bits per heavy atom. The van der Waals surface area contributed by atoms with Crippen LogP contribution in [0.15, 0.2) is 11.9 Å². The summed E-state index contributed by atoms with van der Waals surface area (Å²) in [5, 5.41) is 0.0494. The molecule has 21 heteroatoms. The zero-order valence-electron chi connectivity index (χ0n) is 15.4. The molecule has 1 rings (SSSR count). The predicted octanol–water partition coefficient (Wildman–Crippen LogP) is 6.66. The summed E-state index contributed by atoms with van der Waals surface area (Å²) in [4.78, 5) is -2.57. The van der Waals surface area contributed by atoms with Crippen molar-refractivity contribution in [2.24, 2.45) is 0 Å². The first-order chi connectivity index (χ1) is 14.7. The van der Waals surface area contributed by atoms with E-state index < -0.39 is 77.1 Å². The molecule has 0 bridgehead atoms. The van der Waals surface area contributed by atoms with Crippen molar-refractivity contribution in [3.63, 3.8) is 0 Å². The van der Waals surface area contributed by atoms with Crippen LogP contribution in [0.4, 0.5) is 83.4 Å². The average Bonchev–Trinajstić information content (AvgIpc) is 2.92. The predicted molar refractivity (Wildman–Crippen MR) is 69.0 cm³/mol. The van der Waals surface area contributed by atoms with Gasteiger partial charge in [0.2, 0.25) is 11.9 Å². The standard InChI is InChI=1S/C13H7F19N2/c1-2-6(33-3(14)4(15)34(6)7(18,19)5(16)17)8(20,21)9(22,23)10(24,25)11(26,27)12(28,29)13(30,31)32/h5,33H,2H2,1H3. The van der Waals surface area contributed by atoms with Crippen LogP contribution in [-0.4, -0.2) is 58.8 Å². The molecule has 0 aromatic heterocycles. The molecule has 0 radical (unpaired) electrons. The maximum absolute atomic E-state index is 14.5. The summed E-state index contributed by atoms with van der Waals surface area (Å²) in [6.07, 6.45) is -15.6. The van der Waals surface area contributed by atoms with Crippen molar-refractivity contribution in [1.82, 2.24) is 10.2 Å². The minimum absolute atomic E-state index is 0.0494. The summed E-state index contributed by atoms with van der Waals surface area (Å²) in [6, 6.07) is -6.49. The second-order valence-electron chi connectivity index (χ2n) is 6.54. The van der Waals surface area contributed by atoms with Gasteiger partial charge in [-0.3, -0.25) is 4.90 Å². The molecule has 1 aliphatic rings. The van der Waals surface area contributed by atoms with Gasteiger partial charge in [0.1, 0.15) is 0 Å². The number of alkyl halides is 17. The molecule has 2 nitrogen and oxygen atoms in total. The van der Waals surface area contributed by atoms with E-state index in [9.17, 15) is 83.4 Å². The monoisotopic (exact) mass is 552 g/mol. The van der Waals surface area contributed by atoms with Gasteiger partial charge in [0.05, 0.1) is 0 Å². The van der Waals surface area contributed by atoms with Crippen molar-refractivity contribution < 1.29 is 83.4 Å². The molecule has 0 aliphatic carbocycles. The second kappa shape index (κ2) is 7.76.